The van der Waals surface area contributed by atoms with Crippen LogP contribution in [0.15, 0.2) is 0 Å². The largest absolute Gasteiger partial charge is 0.395 e. The minimum absolute atomic E-state index is 0.00719. The number of carbonyl (C=O) groups excluding carboxylic acids is 4. The number of carbonyl (C=O) groups is 4. The van der Waals surface area contributed by atoms with Gasteiger partial charge in [-0.15, -0.1) is 0 Å². The number of nitrogens with zero attached hydrogens (tertiary/aromatic N) is 1. The van der Waals surface area contributed by atoms with Crippen LogP contribution in [-0.2, 0) is 28.7 Å². The molecule has 0 aromatic carbocycles. The van der Waals surface area contributed by atoms with Crippen LogP contribution >= 0.6 is 0 Å². The van der Waals surface area contributed by atoms with Crippen molar-refractivity contribution >= 4 is 23.6 Å². The van der Waals surface area contributed by atoms with E-state index >= 15 is 0 Å². The molecule has 0 bridgehead atoms. The van der Waals surface area contributed by atoms with E-state index in [-0.39, 0.29) is 63.9 Å². The minimum Gasteiger partial charge on any atom is -0.395 e. The van der Waals surface area contributed by atoms with Crippen LogP contribution in [0.2, 0.25) is 0 Å². The Bertz CT molecular complexity index is 681. The zero-order valence-electron chi connectivity index (χ0n) is 21.4. The maximum atomic E-state index is 12.4. The molecule has 0 aromatic rings. The molecule has 1 fully saturated rings. The first-order chi connectivity index (χ1) is 17.2. The first-order valence-electron chi connectivity index (χ1n) is 12.5. The van der Waals surface area contributed by atoms with Gasteiger partial charge in [0, 0.05) is 33.1 Å². The van der Waals surface area contributed by atoms with Gasteiger partial charge in [-0.05, 0) is 32.6 Å². The molecule has 3 atom stereocenters. The summed E-state index contributed by atoms with van der Waals surface area (Å²) >= 11 is 0. The van der Waals surface area contributed by atoms with Crippen LogP contribution in [0.4, 0.5) is 0 Å². The zero-order valence-corrected chi connectivity index (χ0v) is 21.4. The molecule has 1 saturated heterocycles. The van der Waals surface area contributed by atoms with E-state index in [1.54, 1.807) is 7.05 Å². The van der Waals surface area contributed by atoms with Gasteiger partial charge in [-0.25, -0.2) is 0 Å². The lowest BCUT2D eigenvalue weighted by Gasteiger charge is -2.31. The molecule has 0 aliphatic carbocycles. The SMILES string of the molecule is CNC(=O)CCCCCNC(=O)CN(CC(=O)NCCO)CC(=O)NCCO[C@@H]1O[C@@H](C)CC[C@@H]1O. The molecule has 13 heteroatoms. The van der Waals surface area contributed by atoms with Crippen molar-refractivity contribution in [2.45, 2.75) is 63.9 Å². The van der Waals surface area contributed by atoms with Crippen LogP contribution in [0.5, 0.6) is 0 Å². The number of nitrogens with one attached hydrogen (secondary N) is 4. The number of rotatable bonds is 18. The van der Waals surface area contributed by atoms with Gasteiger partial charge in [-0.2, -0.15) is 0 Å². The molecule has 208 valence electrons. The van der Waals surface area contributed by atoms with Crippen molar-refractivity contribution in [2.75, 3.05) is 59.5 Å². The van der Waals surface area contributed by atoms with Crippen molar-refractivity contribution in [1.82, 2.24) is 26.2 Å². The highest BCUT2D eigenvalue weighted by atomic mass is 16.7. The summed E-state index contributed by atoms with van der Waals surface area (Å²) in [5.41, 5.74) is 0. The van der Waals surface area contributed by atoms with E-state index in [4.69, 9.17) is 14.6 Å². The van der Waals surface area contributed by atoms with Crippen LogP contribution in [0, 0.1) is 0 Å². The van der Waals surface area contributed by atoms with Gasteiger partial charge in [0.05, 0.1) is 39.0 Å². The van der Waals surface area contributed by atoms with E-state index in [9.17, 15) is 24.3 Å². The molecule has 0 saturated carbocycles. The number of aliphatic hydroxyl groups excluding tert-OH is 2. The maximum absolute atomic E-state index is 12.4. The van der Waals surface area contributed by atoms with Gasteiger partial charge in [-0.1, -0.05) is 6.42 Å². The molecule has 6 N–H and O–H groups in total. The Morgan fingerprint density at radius 2 is 1.50 bits per heavy atom. The fraction of sp³-hybridized carbons (Fsp3) is 0.826. The lowest BCUT2D eigenvalue weighted by Crippen LogP contribution is -2.48. The fourth-order valence-electron chi connectivity index (χ4n) is 3.53. The van der Waals surface area contributed by atoms with Crippen molar-refractivity contribution in [3.63, 3.8) is 0 Å². The molecule has 0 aromatic heterocycles. The van der Waals surface area contributed by atoms with E-state index < -0.39 is 24.2 Å². The first-order valence-corrected chi connectivity index (χ1v) is 12.5. The predicted octanol–water partition coefficient (Wildman–Crippen LogP) is -2.16. The standard InChI is InChI=1S/C23H43N5O8/c1-17-7-8-18(30)23(36-17)35-13-11-27-22(34)16-28(15-21(33)26-10-12-29)14-20(32)25-9-5-3-4-6-19(31)24-2/h17-18,23,29-30H,3-16H2,1-2H3,(H,24,31)(H,25,32)(H,26,33)(H,27,34)/t17-,18-,23+/m0/s1. The van der Waals surface area contributed by atoms with E-state index in [1.165, 1.54) is 4.90 Å². The highest BCUT2D eigenvalue weighted by molar-refractivity contribution is 5.84. The number of unbranched alkanes of at least 4 members (excludes halogenated alkanes) is 2. The third kappa shape index (κ3) is 14.9. The Balaban J connectivity index is 2.39. The number of hydrogen-bond donors (Lipinski definition) is 6. The predicted molar refractivity (Wildman–Crippen MR) is 131 cm³/mol. The molecular weight excluding hydrogens is 474 g/mol. The summed E-state index contributed by atoms with van der Waals surface area (Å²) in [4.78, 5) is 49.4. The number of amides is 4. The van der Waals surface area contributed by atoms with Crippen LogP contribution in [0.3, 0.4) is 0 Å². The molecule has 1 aliphatic heterocycles. The van der Waals surface area contributed by atoms with Crippen LogP contribution in [-0.4, -0.2) is 117 Å². The molecule has 0 unspecified atom stereocenters. The third-order valence-electron chi connectivity index (χ3n) is 5.47. The van der Waals surface area contributed by atoms with Crippen molar-refractivity contribution < 1.29 is 38.9 Å². The third-order valence-corrected chi connectivity index (χ3v) is 5.47. The summed E-state index contributed by atoms with van der Waals surface area (Å²) in [7, 11) is 1.59. The Morgan fingerprint density at radius 3 is 2.11 bits per heavy atom. The van der Waals surface area contributed by atoms with Gasteiger partial charge < -0.3 is 41.0 Å². The van der Waals surface area contributed by atoms with Gasteiger partial charge in [0.2, 0.25) is 23.6 Å². The molecule has 36 heavy (non-hydrogen) atoms. The molecule has 1 rings (SSSR count). The maximum Gasteiger partial charge on any atom is 0.234 e. The van der Waals surface area contributed by atoms with Crippen LogP contribution < -0.4 is 21.3 Å². The molecular formula is C23H43N5O8. The number of ether oxygens (including phenoxy) is 2. The smallest absolute Gasteiger partial charge is 0.234 e. The highest BCUT2D eigenvalue weighted by Gasteiger charge is 2.28. The van der Waals surface area contributed by atoms with Gasteiger partial charge in [-0.3, -0.25) is 24.1 Å². The molecule has 13 nitrogen and oxygen atoms in total. The number of aliphatic hydroxyl groups is 2. The van der Waals surface area contributed by atoms with E-state index in [1.807, 2.05) is 6.92 Å². The molecule has 1 aliphatic rings. The van der Waals surface area contributed by atoms with Gasteiger partial charge in [0.25, 0.3) is 0 Å². The van der Waals surface area contributed by atoms with Crippen LogP contribution in [0.1, 0.15) is 45.4 Å². The lowest BCUT2D eigenvalue weighted by atomic mass is 10.1. The van der Waals surface area contributed by atoms with Crippen molar-refractivity contribution in [1.29, 1.82) is 0 Å². The summed E-state index contributed by atoms with van der Waals surface area (Å²) in [5, 5.41) is 29.3. The summed E-state index contributed by atoms with van der Waals surface area (Å²) in [6.07, 6.45) is 2.55. The molecule has 4 amide bonds. The average Bonchev–Trinajstić information content (AvgIpc) is 2.84. The molecule has 0 radical (unpaired) electrons. The second-order valence-corrected chi connectivity index (χ2v) is 8.73. The highest BCUT2D eigenvalue weighted by Crippen LogP contribution is 2.19. The topological polar surface area (TPSA) is 179 Å². The Kier molecular flexibility index (Phi) is 16.6. The fourth-order valence-corrected chi connectivity index (χ4v) is 3.53. The Labute approximate surface area is 212 Å². The Hall–Kier alpha value is -2.32. The average molecular weight is 518 g/mol. The second-order valence-electron chi connectivity index (χ2n) is 8.73. The summed E-state index contributed by atoms with van der Waals surface area (Å²) in [6, 6.07) is 0. The van der Waals surface area contributed by atoms with Gasteiger partial charge >= 0.3 is 0 Å². The van der Waals surface area contributed by atoms with Gasteiger partial charge in [0.15, 0.2) is 6.29 Å². The van der Waals surface area contributed by atoms with E-state index in [2.05, 4.69) is 21.3 Å². The van der Waals surface area contributed by atoms with E-state index in [0.29, 0.717) is 25.8 Å². The van der Waals surface area contributed by atoms with Crippen molar-refractivity contribution in [2.24, 2.45) is 0 Å². The summed E-state index contributed by atoms with van der Waals surface area (Å²) < 4.78 is 11.1. The normalized spacial score (nSPS) is 19.5. The van der Waals surface area contributed by atoms with E-state index in [0.717, 1.165) is 19.3 Å². The minimum atomic E-state index is -0.732. The lowest BCUT2D eigenvalue weighted by molar-refractivity contribution is -0.235. The zero-order chi connectivity index (χ0) is 26.8. The van der Waals surface area contributed by atoms with Gasteiger partial charge in [0.1, 0.15) is 6.10 Å². The molecule has 0 spiro atoms. The van der Waals surface area contributed by atoms with Crippen molar-refractivity contribution in [3.8, 4) is 0 Å². The second kappa shape index (κ2) is 18.9. The quantitative estimate of drug-likeness (QED) is 0.110. The van der Waals surface area contributed by atoms with Crippen molar-refractivity contribution in [3.05, 3.63) is 0 Å². The summed E-state index contributed by atoms with van der Waals surface area (Å²) in [6.45, 7) is 1.96. The summed E-state index contributed by atoms with van der Waals surface area (Å²) in [5.74, 6) is -1.16. The van der Waals surface area contributed by atoms with Crippen LogP contribution in [0.25, 0.3) is 0 Å². The molecule has 1 heterocycles. The Morgan fingerprint density at radius 1 is 0.889 bits per heavy atom. The first kappa shape index (κ1) is 31.7. The number of hydrogen-bond acceptors (Lipinski definition) is 9. The monoisotopic (exact) mass is 517 g/mol.